The molecule has 0 bridgehead atoms. The number of benzene rings is 1. The largest absolute Gasteiger partial charge is 0.497 e. The number of amides is 4. The van der Waals surface area contributed by atoms with Crippen molar-refractivity contribution in [2.75, 3.05) is 34.4 Å². The molecule has 1 aromatic carbocycles. The van der Waals surface area contributed by atoms with E-state index in [9.17, 15) is 14.4 Å². The van der Waals surface area contributed by atoms with E-state index in [1.165, 1.54) is 21.3 Å². The lowest BCUT2D eigenvalue weighted by Gasteiger charge is -2.22. The summed E-state index contributed by atoms with van der Waals surface area (Å²) in [6.45, 7) is 1.31. The summed E-state index contributed by atoms with van der Waals surface area (Å²) in [6.07, 6.45) is -0.605. The third-order valence-electron chi connectivity index (χ3n) is 4.24. The van der Waals surface area contributed by atoms with Crippen molar-refractivity contribution in [3.63, 3.8) is 0 Å². The first kappa shape index (κ1) is 19.7. The molecule has 0 aliphatic carbocycles. The summed E-state index contributed by atoms with van der Waals surface area (Å²) in [6, 6.07) is 6.17. The standard InChI is InChI=1S/C17H23N3O6/c1-17(11-5-7-12(24-2)8-6-11)15(22)20(16(23)19-17)10-13(21)18-9-14(25-3)26-4/h5-8,14H,9-10H2,1-4H3,(H,18,21)(H,19,23)/t17-/m1/s1. The molecule has 2 rings (SSSR count). The van der Waals surface area contributed by atoms with Gasteiger partial charge in [0.15, 0.2) is 6.29 Å². The number of carbonyl (C=O) groups excluding carboxylic acids is 3. The van der Waals surface area contributed by atoms with Crippen molar-refractivity contribution in [3.05, 3.63) is 29.8 Å². The normalized spacial score (nSPS) is 19.7. The predicted octanol–water partition coefficient (Wildman–Crippen LogP) is 0.197. The molecule has 0 aromatic heterocycles. The van der Waals surface area contributed by atoms with E-state index in [-0.39, 0.29) is 6.54 Å². The molecular weight excluding hydrogens is 342 g/mol. The summed E-state index contributed by atoms with van der Waals surface area (Å²) in [5, 5.41) is 5.20. The minimum absolute atomic E-state index is 0.102. The fourth-order valence-corrected chi connectivity index (χ4v) is 2.62. The smallest absolute Gasteiger partial charge is 0.325 e. The summed E-state index contributed by atoms with van der Waals surface area (Å²) < 4.78 is 15.0. The van der Waals surface area contributed by atoms with Crippen molar-refractivity contribution in [1.82, 2.24) is 15.5 Å². The molecule has 1 saturated heterocycles. The highest BCUT2D eigenvalue weighted by atomic mass is 16.7. The molecule has 0 spiro atoms. The number of rotatable bonds is 8. The first-order valence-corrected chi connectivity index (χ1v) is 7.96. The van der Waals surface area contributed by atoms with Crippen LogP contribution in [-0.2, 0) is 24.6 Å². The monoisotopic (exact) mass is 365 g/mol. The third kappa shape index (κ3) is 3.94. The van der Waals surface area contributed by atoms with Crippen molar-refractivity contribution >= 4 is 17.8 Å². The second-order valence-corrected chi connectivity index (χ2v) is 5.88. The molecule has 1 aromatic rings. The van der Waals surface area contributed by atoms with Crippen molar-refractivity contribution < 1.29 is 28.6 Å². The molecule has 0 radical (unpaired) electrons. The van der Waals surface area contributed by atoms with Gasteiger partial charge in [0.1, 0.15) is 17.8 Å². The van der Waals surface area contributed by atoms with Gasteiger partial charge in [0.05, 0.1) is 13.7 Å². The van der Waals surface area contributed by atoms with Crippen molar-refractivity contribution in [2.45, 2.75) is 18.8 Å². The van der Waals surface area contributed by atoms with Gasteiger partial charge in [-0.05, 0) is 24.6 Å². The Hall–Kier alpha value is -2.65. The molecule has 26 heavy (non-hydrogen) atoms. The maximum atomic E-state index is 12.8. The van der Waals surface area contributed by atoms with Gasteiger partial charge in [-0.3, -0.25) is 14.5 Å². The molecule has 142 valence electrons. The molecule has 0 unspecified atom stereocenters. The van der Waals surface area contributed by atoms with Crippen LogP contribution in [0.2, 0.25) is 0 Å². The zero-order valence-electron chi connectivity index (χ0n) is 15.2. The van der Waals surface area contributed by atoms with Crippen LogP contribution in [0.25, 0.3) is 0 Å². The predicted molar refractivity (Wildman–Crippen MR) is 91.4 cm³/mol. The van der Waals surface area contributed by atoms with E-state index in [2.05, 4.69) is 10.6 Å². The van der Waals surface area contributed by atoms with Crippen LogP contribution >= 0.6 is 0 Å². The number of ether oxygens (including phenoxy) is 3. The number of nitrogens with zero attached hydrogens (tertiary/aromatic N) is 1. The van der Waals surface area contributed by atoms with Crippen molar-refractivity contribution in [2.24, 2.45) is 0 Å². The van der Waals surface area contributed by atoms with Crippen LogP contribution in [0.1, 0.15) is 12.5 Å². The number of nitrogens with one attached hydrogen (secondary N) is 2. The van der Waals surface area contributed by atoms with Crippen molar-refractivity contribution in [1.29, 1.82) is 0 Å². The van der Waals surface area contributed by atoms with Crippen molar-refractivity contribution in [3.8, 4) is 5.75 Å². The molecular formula is C17H23N3O6. The maximum absolute atomic E-state index is 12.8. The van der Waals surface area contributed by atoms with E-state index in [1.54, 1.807) is 31.2 Å². The Balaban J connectivity index is 2.06. The lowest BCUT2D eigenvalue weighted by atomic mass is 9.92. The molecule has 9 nitrogen and oxygen atoms in total. The van der Waals surface area contributed by atoms with Gasteiger partial charge in [-0.15, -0.1) is 0 Å². The number of methoxy groups -OCH3 is 3. The van der Waals surface area contributed by atoms with Gasteiger partial charge in [0, 0.05) is 14.2 Å². The lowest BCUT2D eigenvalue weighted by molar-refractivity contribution is -0.136. The first-order valence-electron chi connectivity index (χ1n) is 7.96. The fourth-order valence-electron chi connectivity index (χ4n) is 2.62. The Kier molecular flexibility index (Phi) is 6.17. The molecule has 1 fully saturated rings. The summed E-state index contributed by atoms with van der Waals surface area (Å²) in [4.78, 5) is 37.9. The van der Waals surface area contributed by atoms with E-state index >= 15 is 0 Å². The van der Waals surface area contributed by atoms with E-state index in [0.29, 0.717) is 11.3 Å². The Morgan fingerprint density at radius 2 is 1.81 bits per heavy atom. The van der Waals surface area contributed by atoms with Gasteiger partial charge < -0.3 is 24.8 Å². The summed E-state index contributed by atoms with van der Waals surface area (Å²) in [5.74, 6) is -0.361. The third-order valence-corrected chi connectivity index (χ3v) is 4.24. The van der Waals surface area contributed by atoms with Gasteiger partial charge in [-0.2, -0.15) is 0 Å². The molecule has 0 saturated carbocycles. The van der Waals surface area contributed by atoms with Gasteiger partial charge in [-0.1, -0.05) is 12.1 Å². The van der Waals surface area contributed by atoms with Crippen LogP contribution < -0.4 is 15.4 Å². The van der Waals surface area contributed by atoms with Crippen LogP contribution in [0.5, 0.6) is 5.75 Å². The maximum Gasteiger partial charge on any atom is 0.325 e. The van der Waals surface area contributed by atoms with Gasteiger partial charge >= 0.3 is 6.03 Å². The summed E-state index contributed by atoms with van der Waals surface area (Å²) >= 11 is 0. The molecule has 2 N–H and O–H groups in total. The SMILES string of the molecule is COc1ccc([C@@]2(C)NC(=O)N(CC(=O)NCC(OC)OC)C2=O)cc1. The van der Waals surface area contributed by atoms with E-state index in [4.69, 9.17) is 14.2 Å². The summed E-state index contributed by atoms with van der Waals surface area (Å²) in [7, 11) is 4.42. The molecule has 4 amide bonds. The molecule has 9 heteroatoms. The van der Waals surface area contributed by atoms with Crippen LogP contribution in [0, 0.1) is 0 Å². The fraction of sp³-hybridized carbons (Fsp3) is 0.471. The number of urea groups is 1. The van der Waals surface area contributed by atoms with Gasteiger partial charge in [0.25, 0.3) is 5.91 Å². The van der Waals surface area contributed by atoms with Crippen LogP contribution in [0.3, 0.4) is 0 Å². The summed E-state index contributed by atoms with van der Waals surface area (Å²) in [5.41, 5.74) is -0.649. The Labute approximate surface area is 151 Å². The number of imide groups is 1. The highest BCUT2D eigenvalue weighted by Gasteiger charge is 2.49. The van der Waals surface area contributed by atoms with Crippen LogP contribution in [0.15, 0.2) is 24.3 Å². The average Bonchev–Trinajstić information content (AvgIpc) is 2.86. The number of hydrogen-bond donors (Lipinski definition) is 2. The van der Waals surface area contributed by atoms with Gasteiger partial charge in [0.2, 0.25) is 5.91 Å². The minimum Gasteiger partial charge on any atom is -0.497 e. The highest BCUT2D eigenvalue weighted by Crippen LogP contribution is 2.29. The molecule has 1 atom stereocenters. The zero-order chi connectivity index (χ0) is 19.3. The quantitative estimate of drug-likeness (QED) is 0.503. The Morgan fingerprint density at radius 3 is 2.35 bits per heavy atom. The van der Waals surface area contributed by atoms with E-state index in [0.717, 1.165) is 4.90 Å². The highest BCUT2D eigenvalue weighted by molar-refractivity contribution is 6.09. The second-order valence-electron chi connectivity index (χ2n) is 5.88. The van der Waals surface area contributed by atoms with Crippen LogP contribution in [-0.4, -0.2) is 63.5 Å². The second kappa shape index (κ2) is 8.15. The Bertz CT molecular complexity index is 674. The topological polar surface area (TPSA) is 106 Å². The average molecular weight is 365 g/mol. The van der Waals surface area contributed by atoms with E-state index < -0.39 is 36.2 Å². The molecule has 1 aliphatic rings. The lowest BCUT2D eigenvalue weighted by Crippen LogP contribution is -2.44. The number of carbonyl (C=O) groups is 3. The molecule has 1 heterocycles. The number of hydrogen-bond acceptors (Lipinski definition) is 6. The minimum atomic E-state index is -1.24. The Morgan fingerprint density at radius 1 is 1.19 bits per heavy atom. The molecule has 1 aliphatic heterocycles. The first-order chi connectivity index (χ1) is 12.3. The van der Waals surface area contributed by atoms with Gasteiger partial charge in [-0.25, -0.2) is 4.79 Å². The zero-order valence-corrected chi connectivity index (χ0v) is 15.2. The van der Waals surface area contributed by atoms with E-state index in [1.807, 2.05) is 0 Å². The van der Waals surface area contributed by atoms with Crippen LogP contribution in [0.4, 0.5) is 4.79 Å².